The molecular formula is C8H15BO2. The van der Waals surface area contributed by atoms with E-state index in [1.807, 2.05) is 0 Å². The average molecular weight is 154 g/mol. The molecule has 0 aromatic carbocycles. The van der Waals surface area contributed by atoms with Crippen molar-refractivity contribution in [1.82, 2.24) is 0 Å². The van der Waals surface area contributed by atoms with Gasteiger partial charge in [-0.2, -0.15) is 0 Å². The molecule has 0 aliphatic carbocycles. The van der Waals surface area contributed by atoms with Gasteiger partial charge in [-0.3, -0.25) is 0 Å². The third-order valence-electron chi connectivity index (χ3n) is 1.95. The predicted octanol–water partition coefficient (Wildman–Crippen LogP) is 0.942. The van der Waals surface area contributed by atoms with Crippen LogP contribution in [-0.4, -0.2) is 33.2 Å². The minimum Gasteiger partial charge on any atom is -0.385 e. The van der Waals surface area contributed by atoms with Crippen LogP contribution < -0.4 is 0 Å². The van der Waals surface area contributed by atoms with Gasteiger partial charge in [-0.05, 0) is 6.42 Å². The van der Waals surface area contributed by atoms with Crippen LogP contribution in [-0.2, 0) is 9.47 Å². The lowest BCUT2D eigenvalue weighted by molar-refractivity contribution is 0.0147. The fourth-order valence-electron chi connectivity index (χ4n) is 1.29. The van der Waals surface area contributed by atoms with Gasteiger partial charge in [0.25, 0.3) is 0 Å². The van der Waals surface area contributed by atoms with E-state index in [2.05, 4.69) is 13.8 Å². The molecule has 62 valence electrons. The zero-order valence-corrected chi connectivity index (χ0v) is 7.25. The van der Waals surface area contributed by atoms with E-state index in [-0.39, 0.29) is 12.1 Å². The van der Waals surface area contributed by atoms with Crippen molar-refractivity contribution in [1.29, 1.82) is 0 Å². The van der Waals surface area contributed by atoms with Crippen molar-refractivity contribution in [3.8, 4) is 0 Å². The Morgan fingerprint density at radius 2 is 2.36 bits per heavy atom. The number of ether oxygens (including phenoxy) is 2. The second kappa shape index (κ2) is 4.12. The zero-order valence-electron chi connectivity index (χ0n) is 7.25. The van der Waals surface area contributed by atoms with Gasteiger partial charge in [-0.1, -0.05) is 13.8 Å². The molecule has 3 atom stereocenters. The molecular weight excluding hydrogens is 139 g/mol. The second-order valence-electron chi connectivity index (χ2n) is 3.11. The predicted molar refractivity (Wildman–Crippen MR) is 44.7 cm³/mol. The highest BCUT2D eigenvalue weighted by Gasteiger charge is 2.31. The smallest absolute Gasteiger partial charge is 0.112 e. The van der Waals surface area contributed by atoms with Gasteiger partial charge in [0.05, 0.1) is 12.7 Å². The third kappa shape index (κ3) is 2.21. The van der Waals surface area contributed by atoms with E-state index in [1.165, 1.54) is 0 Å². The summed E-state index contributed by atoms with van der Waals surface area (Å²) in [6.07, 6.45) is 1.14. The Labute approximate surface area is 69.7 Å². The topological polar surface area (TPSA) is 18.5 Å². The Kier molecular flexibility index (Phi) is 3.40. The molecule has 11 heavy (non-hydrogen) atoms. The number of hydrogen-bond donors (Lipinski definition) is 0. The van der Waals surface area contributed by atoms with Gasteiger partial charge < -0.3 is 9.47 Å². The highest BCUT2D eigenvalue weighted by Crippen LogP contribution is 2.20. The third-order valence-corrected chi connectivity index (χ3v) is 1.95. The Hall–Kier alpha value is -0.0151. The lowest BCUT2D eigenvalue weighted by Gasteiger charge is -2.18. The van der Waals surface area contributed by atoms with Gasteiger partial charge in [-0.25, -0.2) is 0 Å². The molecule has 1 unspecified atom stereocenters. The summed E-state index contributed by atoms with van der Waals surface area (Å²) in [5, 5.41) is 0. The van der Waals surface area contributed by atoms with E-state index in [4.69, 9.17) is 17.3 Å². The lowest BCUT2D eigenvalue weighted by Crippen LogP contribution is -2.29. The van der Waals surface area contributed by atoms with Gasteiger partial charge >= 0.3 is 0 Å². The average Bonchev–Trinajstić information content (AvgIpc) is 2.29. The molecule has 1 heterocycles. The SMILES string of the molecule is [B][C@@H]1OCC(C)[C@H]1OCCC. The minimum atomic E-state index is -0.212. The monoisotopic (exact) mass is 154 g/mol. The van der Waals surface area contributed by atoms with Crippen LogP contribution in [0.4, 0.5) is 0 Å². The first-order valence-corrected chi connectivity index (χ1v) is 4.24. The van der Waals surface area contributed by atoms with Gasteiger partial charge in [0, 0.05) is 18.5 Å². The highest BCUT2D eigenvalue weighted by atomic mass is 16.6. The van der Waals surface area contributed by atoms with Crippen LogP contribution >= 0.6 is 0 Å². The minimum absolute atomic E-state index is 0.106. The molecule has 0 saturated carbocycles. The summed E-state index contributed by atoms with van der Waals surface area (Å²) in [4.78, 5) is 0. The number of hydrogen-bond acceptors (Lipinski definition) is 2. The maximum absolute atomic E-state index is 5.66. The first-order valence-electron chi connectivity index (χ1n) is 4.24. The molecule has 1 fully saturated rings. The van der Waals surface area contributed by atoms with E-state index in [0.29, 0.717) is 5.92 Å². The number of rotatable bonds is 3. The summed E-state index contributed by atoms with van der Waals surface area (Å²) in [6, 6.07) is -0.212. The maximum atomic E-state index is 5.66. The first kappa shape index (κ1) is 9.08. The van der Waals surface area contributed by atoms with Crippen molar-refractivity contribution in [2.24, 2.45) is 5.92 Å². The van der Waals surface area contributed by atoms with Crippen LogP contribution in [0.3, 0.4) is 0 Å². The quantitative estimate of drug-likeness (QED) is 0.563. The highest BCUT2D eigenvalue weighted by molar-refractivity contribution is 6.11. The molecule has 0 amide bonds. The van der Waals surface area contributed by atoms with Gasteiger partial charge in [0.1, 0.15) is 7.85 Å². The first-order chi connectivity index (χ1) is 5.25. The van der Waals surface area contributed by atoms with Crippen LogP contribution in [0, 0.1) is 5.92 Å². The molecule has 0 aromatic rings. The van der Waals surface area contributed by atoms with Crippen LogP contribution in [0.15, 0.2) is 0 Å². The molecule has 2 nitrogen and oxygen atoms in total. The Bertz CT molecular complexity index is 109. The summed E-state index contributed by atoms with van der Waals surface area (Å²) >= 11 is 0. The van der Waals surface area contributed by atoms with Crippen molar-refractivity contribution >= 4 is 7.85 Å². The van der Waals surface area contributed by atoms with Crippen LogP contribution in [0.25, 0.3) is 0 Å². The molecule has 0 N–H and O–H groups in total. The maximum Gasteiger partial charge on any atom is 0.112 e. The fourth-order valence-corrected chi connectivity index (χ4v) is 1.29. The van der Waals surface area contributed by atoms with Gasteiger partial charge in [-0.15, -0.1) is 0 Å². The Morgan fingerprint density at radius 3 is 2.82 bits per heavy atom. The normalized spacial score (nSPS) is 37.8. The Morgan fingerprint density at radius 1 is 1.64 bits per heavy atom. The molecule has 1 saturated heterocycles. The molecule has 1 aliphatic heterocycles. The van der Waals surface area contributed by atoms with Crippen LogP contribution in [0.1, 0.15) is 20.3 Å². The Balaban J connectivity index is 2.29. The summed E-state index contributed by atoms with van der Waals surface area (Å²) in [6.45, 7) is 5.71. The zero-order chi connectivity index (χ0) is 8.27. The lowest BCUT2D eigenvalue weighted by atomic mass is 9.90. The summed E-state index contributed by atoms with van der Waals surface area (Å²) < 4.78 is 10.8. The molecule has 1 rings (SSSR count). The van der Waals surface area contributed by atoms with E-state index in [0.717, 1.165) is 19.6 Å². The summed E-state index contributed by atoms with van der Waals surface area (Å²) in [5.41, 5.74) is 0. The summed E-state index contributed by atoms with van der Waals surface area (Å²) in [5.74, 6) is 0.441. The summed E-state index contributed by atoms with van der Waals surface area (Å²) in [7, 11) is 5.66. The van der Waals surface area contributed by atoms with Crippen molar-refractivity contribution < 1.29 is 9.47 Å². The van der Waals surface area contributed by atoms with Crippen molar-refractivity contribution in [2.45, 2.75) is 32.4 Å². The largest absolute Gasteiger partial charge is 0.385 e. The van der Waals surface area contributed by atoms with Crippen molar-refractivity contribution in [3.05, 3.63) is 0 Å². The van der Waals surface area contributed by atoms with Crippen LogP contribution in [0.2, 0.25) is 0 Å². The van der Waals surface area contributed by atoms with Crippen molar-refractivity contribution in [2.75, 3.05) is 13.2 Å². The molecule has 1 aliphatic rings. The van der Waals surface area contributed by atoms with E-state index < -0.39 is 0 Å². The molecule has 0 aromatic heterocycles. The molecule has 2 radical (unpaired) electrons. The van der Waals surface area contributed by atoms with Crippen LogP contribution in [0.5, 0.6) is 0 Å². The molecule has 0 bridgehead atoms. The second-order valence-corrected chi connectivity index (χ2v) is 3.11. The van der Waals surface area contributed by atoms with E-state index in [9.17, 15) is 0 Å². The van der Waals surface area contributed by atoms with Gasteiger partial charge in [0.2, 0.25) is 0 Å². The standard InChI is InChI=1S/C8H15BO2/c1-3-4-10-7-6(2)5-11-8(7)9/h6-8H,3-5H2,1-2H3/t6?,7-,8-/m1/s1. The fraction of sp³-hybridized carbons (Fsp3) is 1.00. The van der Waals surface area contributed by atoms with Gasteiger partial charge in [0.15, 0.2) is 0 Å². The van der Waals surface area contributed by atoms with E-state index >= 15 is 0 Å². The molecule has 0 spiro atoms. The van der Waals surface area contributed by atoms with E-state index in [1.54, 1.807) is 0 Å². The van der Waals surface area contributed by atoms with Crippen molar-refractivity contribution in [3.63, 3.8) is 0 Å². The molecule has 3 heteroatoms.